The molecule has 0 spiro atoms. The number of amides is 1. The van der Waals surface area contributed by atoms with Crippen LogP contribution >= 0.6 is 11.6 Å². The normalized spacial score (nSPS) is 17.3. The smallest absolute Gasteiger partial charge is 0.342 e. The number of pyridine rings is 1. The van der Waals surface area contributed by atoms with Gasteiger partial charge < -0.3 is 10.6 Å². The Bertz CT molecular complexity index is 1250. The highest BCUT2D eigenvalue weighted by Gasteiger charge is 2.36. The molecule has 2 N–H and O–H groups in total. The van der Waals surface area contributed by atoms with E-state index in [4.69, 9.17) is 11.6 Å². The molecule has 0 bridgehead atoms. The van der Waals surface area contributed by atoms with Crippen molar-refractivity contribution in [2.45, 2.75) is 43.7 Å². The van der Waals surface area contributed by atoms with E-state index in [2.05, 4.69) is 15.6 Å². The van der Waals surface area contributed by atoms with E-state index in [1.165, 1.54) is 12.1 Å². The molecule has 3 aromatic rings. The molecule has 1 aliphatic heterocycles. The Kier molecular flexibility index (Phi) is 7.80. The Hall–Kier alpha value is -3.11. The minimum atomic E-state index is -4.75. The number of carbonyl (C=O) groups is 1. The number of benzene rings is 2. The van der Waals surface area contributed by atoms with Gasteiger partial charge in [0.15, 0.2) is 0 Å². The first-order valence-electron chi connectivity index (χ1n) is 11.5. The summed E-state index contributed by atoms with van der Waals surface area (Å²) < 4.78 is 78.7. The third-order valence-electron chi connectivity index (χ3n) is 6.24. The lowest BCUT2D eigenvalue weighted by Crippen LogP contribution is -2.46. The summed E-state index contributed by atoms with van der Waals surface area (Å²) in [5.41, 5.74) is -0.680. The Labute approximate surface area is 214 Å². The van der Waals surface area contributed by atoms with Crippen LogP contribution < -0.4 is 10.6 Å². The maximum Gasteiger partial charge on any atom is 0.417 e. The monoisotopic (exact) mass is 541 g/mol. The Balaban J connectivity index is 1.67. The lowest BCUT2D eigenvalue weighted by molar-refractivity contribution is -0.138. The van der Waals surface area contributed by atoms with Crippen molar-refractivity contribution in [3.05, 3.63) is 88.2 Å². The molecule has 0 radical (unpaired) electrons. The largest absolute Gasteiger partial charge is 0.417 e. The van der Waals surface area contributed by atoms with Crippen molar-refractivity contribution >= 4 is 17.5 Å². The molecular formula is C26H22ClF6N3O. The molecule has 0 saturated carbocycles. The fourth-order valence-electron chi connectivity index (χ4n) is 4.37. The maximum absolute atomic E-state index is 13.3. The first kappa shape index (κ1) is 26.9. The molecule has 0 unspecified atom stereocenters. The zero-order chi connectivity index (χ0) is 26.8. The zero-order valence-corrected chi connectivity index (χ0v) is 20.0. The molecule has 2 heterocycles. The number of piperidine rings is 1. The number of carbonyl (C=O) groups excluding carboxylic acids is 1. The number of aromatic nitrogens is 1. The summed E-state index contributed by atoms with van der Waals surface area (Å²) in [5, 5.41) is 5.33. The average Bonchev–Trinajstić information content (AvgIpc) is 2.87. The van der Waals surface area contributed by atoms with Crippen molar-refractivity contribution in [3.8, 4) is 11.1 Å². The third-order valence-corrected chi connectivity index (χ3v) is 6.62. The summed E-state index contributed by atoms with van der Waals surface area (Å²) >= 11 is 5.91. The highest BCUT2D eigenvalue weighted by Crippen LogP contribution is 2.36. The molecule has 11 heteroatoms. The van der Waals surface area contributed by atoms with E-state index < -0.39 is 46.1 Å². The lowest BCUT2D eigenvalue weighted by Gasteiger charge is -2.32. The number of nitrogens with one attached hydrogen (secondary N) is 2. The molecule has 2 aromatic carbocycles. The van der Waals surface area contributed by atoms with Crippen LogP contribution in [0.2, 0.25) is 5.02 Å². The first-order valence-corrected chi connectivity index (χ1v) is 11.9. The van der Waals surface area contributed by atoms with E-state index in [0.717, 1.165) is 31.2 Å². The Morgan fingerprint density at radius 3 is 2.32 bits per heavy atom. The Morgan fingerprint density at radius 2 is 1.70 bits per heavy atom. The molecule has 0 aliphatic carbocycles. The fourth-order valence-corrected chi connectivity index (χ4v) is 4.68. The summed E-state index contributed by atoms with van der Waals surface area (Å²) in [6.07, 6.45) is -5.83. The molecule has 37 heavy (non-hydrogen) atoms. The lowest BCUT2D eigenvalue weighted by atomic mass is 9.90. The van der Waals surface area contributed by atoms with Crippen LogP contribution in [0, 0.1) is 0 Å². The predicted molar refractivity (Wildman–Crippen MR) is 127 cm³/mol. The quantitative estimate of drug-likeness (QED) is 0.340. The first-order chi connectivity index (χ1) is 17.4. The van der Waals surface area contributed by atoms with Gasteiger partial charge in [0.2, 0.25) is 0 Å². The van der Waals surface area contributed by atoms with Gasteiger partial charge in [-0.2, -0.15) is 26.3 Å². The van der Waals surface area contributed by atoms with E-state index in [1.807, 2.05) is 0 Å². The van der Waals surface area contributed by atoms with Crippen LogP contribution in [0.3, 0.4) is 0 Å². The molecule has 1 amide bonds. The summed E-state index contributed by atoms with van der Waals surface area (Å²) in [7, 11) is 0. The van der Waals surface area contributed by atoms with Crippen molar-refractivity contribution in [1.29, 1.82) is 0 Å². The fraction of sp³-hybridized carbons (Fsp3) is 0.308. The van der Waals surface area contributed by atoms with Gasteiger partial charge in [0.05, 0.1) is 22.2 Å². The average molecular weight is 542 g/mol. The van der Waals surface area contributed by atoms with Crippen LogP contribution in [-0.2, 0) is 12.4 Å². The van der Waals surface area contributed by atoms with Gasteiger partial charge in [0.25, 0.3) is 5.91 Å². The molecule has 1 saturated heterocycles. The van der Waals surface area contributed by atoms with E-state index >= 15 is 0 Å². The second-order valence-electron chi connectivity index (χ2n) is 8.73. The minimum Gasteiger partial charge on any atom is -0.342 e. The maximum atomic E-state index is 13.3. The molecule has 1 aliphatic rings. The van der Waals surface area contributed by atoms with Crippen LogP contribution in [0.25, 0.3) is 11.1 Å². The van der Waals surface area contributed by atoms with Gasteiger partial charge in [0, 0.05) is 12.2 Å². The topological polar surface area (TPSA) is 54.0 Å². The van der Waals surface area contributed by atoms with Crippen molar-refractivity contribution < 1.29 is 31.1 Å². The molecule has 2 atom stereocenters. The number of alkyl halides is 6. The van der Waals surface area contributed by atoms with Gasteiger partial charge in [-0.05, 0) is 60.3 Å². The number of halogens is 7. The van der Waals surface area contributed by atoms with Crippen LogP contribution in [0.5, 0.6) is 0 Å². The molecule has 196 valence electrons. The summed E-state index contributed by atoms with van der Waals surface area (Å²) in [5.74, 6) is -0.867. The van der Waals surface area contributed by atoms with Crippen molar-refractivity contribution in [3.63, 3.8) is 0 Å². The SMILES string of the molecule is O=C(N[C@@H](c1cccc(-c2ccc(C(F)(F)F)cc2)c1)[C@@H]1CCCCN1)c1nccc(C(F)(F)F)c1Cl. The van der Waals surface area contributed by atoms with Crippen LogP contribution in [0.15, 0.2) is 60.8 Å². The molecule has 4 rings (SSSR count). The zero-order valence-electron chi connectivity index (χ0n) is 19.3. The second kappa shape index (κ2) is 10.7. The molecular weight excluding hydrogens is 520 g/mol. The molecule has 1 fully saturated rings. The molecule has 4 nitrogen and oxygen atoms in total. The second-order valence-corrected chi connectivity index (χ2v) is 9.10. The van der Waals surface area contributed by atoms with Gasteiger partial charge in [-0.3, -0.25) is 4.79 Å². The van der Waals surface area contributed by atoms with E-state index in [0.29, 0.717) is 35.7 Å². The van der Waals surface area contributed by atoms with E-state index in [1.54, 1.807) is 24.3 Å². The van der Waals surface area contributed by atoms with Crippen LogP contribution in [0.1, 0.15) is 52.5 Å². The summed E-state index contributed by atoms with van der Waals surface area (Å²) in [6.45, 7) is 0.693. The summed E-state index contributed by atoms with van der Waals surface area (Å²) in [6, 6.07) is 11.4. The van der Waals surface area contributed by atoms with Crippen LogP contribution in [-0.4, -0.2) is 23.5 Å². The third kappa shape index (κ3) is 6.24. The van der Waals surface area contributed by atoms with Crippen molar-refractivity contribution in [1.82, 2.24) is 15.6 Å². The number of nitrogens with zero attached hydrogens (tertiary/aromatic N) is 1. The highest BCUT2D eigenvalue weighted by atomic mass is 35.5. The number of rotatable bonds is 5. The van der Waals surface area contributed by atoms with Crippen molar-refractivity contribution in [2.24, 2.45) is 0 Å². The predicted octanol–water partition coefficient (Wildman–Crippen LogP) is 7.05. The summed E-state index contributed by atoms with van der Waals surface area (Å²) in [4.78, 5) is 16.9. The van der Waals surface area contributed by atoms with Gasteiger partial charge in [-0.25, -0.2) is 4.98 Å². The van der Waals surface area contributed by atoms with Gasteiger partial charge >= 0.3 is 12.4 Å². The number of hydrogen-bond acceptors (Lipinski definition) is 3. The standard InChI is InChI=1S/C26H22ClF6N3O/c27-21-19(26(31,32)33)11-13-35-23(21)24(37)36-22(20-6-1-2-12-34-20)17-5-3-4-16(14-17)15-7-9-18(10-8-15)25(28,29)30/h3-5,7-11,13-14,20,22,34H,1-2,6,12H2,(H,36,37)/t20-,22-/m0/s1. The van der Waals surface area contributed by atoms with Crippen LogP contribution in [0.4, 0.5) is 26.3 Å². The van der Waals surface area contributed by atoms with E-state index in [-0.39, 0.29) is 6.04 Å². The Morgan fingerprint density at radius 1 is 0.973 bits per heavy atom. The van der Waals surface area contributed by atoms with Crippen molar-refractivity contribution in [2.75, 3.05) is 6.54 Å². The van der Waals surface area contributed by atoms with Gasteiger partial charge in [-0.15, -0.1) is 0 Å². The van der Waals surface area contributed by atoms with Gasteiger partial charge in [-0.1, -0.05) is 48.4 Å². The van der Waals surface area contributed by atoms with E-state index in [9.17, 15) is 31.1 Å². The minimum absolute atomic E-state index is 0.231. The van der Waals surface area contributed by atoms with Gasteiger partial charge in [0.1, 0.15) is 5.69 Å². The molecule has 1 aromatic heterocycles. The number of hydrogen-bond donors (Lipinski definition) is 2. The highest BCUT2D eigenvalue weighted by molar-refractivity contribution is 6.34.